The number of imidazole rings is 1. The van der Waals surface area contributed by atoms with E-state index in [9.17, 15) is 4.79 Å². The zero-order valence-corrected chi connectivity index (χ0v) is 15.0. The first-order valence-electron chi connectivity index (χ1n) is 8.50. The van der Waals surface area contributed by atoms with Gasteiger partial charge in [-0.05, 0) is 55.5 Å². The molecule has 0 saturated carbocycles. The Labute approximate surface area is 156 Å². The van der Waals surface area contributed by atoms with E-state index >= 15 is 0 Å². The first kappa shape index (κ1) is 16.8. The first-order valence-corrected chi connectivity index (χ1v) is 8.50. The van der Waals surface area contributed by atoms with Crippen molar-refractivity contribution in [2.45, 2.75) is 6.92 Å². The summed E-state index contributed by atoms with van der Waals surface area (Å²) < 4.78 is 7.19. The fourth-order valence-electron chi connectivity index (χ4n) is 2.97. The van der Waals surface area contributed by atoms with E-state index in [0.29, 0.717) is 11.3 Å². The lowest BCUT2D eigenvalue weighted by Crippen LogP contribution is -2.12. The highest BCUT2D eigenvalue weighted by molar-refractivity contribution is 6.04. The van der Waals surface area contributed by atoms with Crippen molar-refractivity contribution < 1.29 is 9.53 Å². The van der Waals surface area contributed by atoms with Crippen LogP contribution in [0.4, 0.5) is 5.69 Å². The molecule has 0 aliphatic heterocycles. The van der Waals surface area contributed by atoms with Gasteiger partial charge in [-0.2, -0.15) is 0 Å². The molecule has 0 aliphatic carbocycles. The van der Waals surface area contributed by atoms with Crippen LogP contribution < -0.4 is 10.1 Å². The van der Waals surface area contributed by atoms with Gasteiger partial charge in [0.05, 0.1) is 18.5 Å². The molecule has 0 atom stereocenters. The minimum Gasteiger partial charge on any atom is -0.497 e. The van der Waals surface area contributed by atoms with Gasteiger partial charge in [0.25, 0.3) is 5.91 Å². The lowest BCUT2D eigenvalue weighted by Gasteiger charge is -2.06. The summed E-state index contributed by atoms with van der Waals surface area (Å²) in [6.45, 7) is 2.01. The van der Waals surface area contributed by atoms with Crippen LogP contribution in [0, 0.1) is 6.92 Å². The Hall–Kier alpha value is -3.67. The predicted octanol–water partition coefficient (Wildman–Crippen LogP) is 3.97. The molecule has 1 N–H and O–H groups in total. The standard InChI is InChI=1S/C21H18N4O2/c1-14-20(15-3-6-18(27-2)7-4-15)24-19-8-5-17(13-25(14)19)23-21(26)16-9-11-22-12-10-16/h3-13H,1-2H3,(H,23,26). The van der Waals surface area contributed by atoms with E-state index < -0.39 is 0 Å². The number of rotatable bonds is 4. The summed E-state index contributed by atoms with van der Waals surface area (Å²) in [6, 6.07) is 14.9. The van der Waals surface area contributed by atoms with Gasteiger partial charge in [0.1, 0.15) is 11.4 Å². The van der Waals surface area contributed by atoms with Crippen LogP contribution >= 0.6 is 0 Å². The second-order valence-corrected chi connectivity index (χ2v) is 6.11. The maximum atomic E-state index is 12.3. The monoisotopic (exact) mass is 358 g/mol. The molecule has 3 heterocycles. The second-order valence-electron chi connectivity index (χ2n) is 6.11. The van der Waals surface area contributed by atoms with Crippen molar-refractivity contribution in [2.24, 2.45) is 0 Å². The Morgan fingerprint density at radius 2 is 1.78 bits per heavy atom. The summed E-state index contributed by atoms with van der Waals surface area (Å²) >= 11 is 0. The molecule has 6 nitrogen and oxygen atoms in total. The number of anilines is 1. The molecule has 0 spiro atoms. The van der Waals surface area contributed by atoms with Crippen LogP contribution in [0.2, 0.25) is 0 Å². The summed E-state index contributed by atoms with van der Waals surface area (Å²) in [5.41, 5.74) is 4.99. The van der Waals surface area contributed by atoms with Crippen LogP contribution in [0.3, 0.4) is 0 Å². The molecule has 1 aromatic carbocycles. The number of pyridine rings is 2. The maximum Gasteiger partial charge on any atom is 0.255 e. The average Bonchev–Trinajstić information content (AvgIpc) is 3.05. The number of amides is 1. The topological polar surface area (TPSA) is 68.5 Å². The van der Waals surface area contributed by atoms with Gasteiger partial charge in [0.15, 0.2) is 0 Å². The molecule has 0 bridgehead atoms. The quantitative estimate of drug-likeness (QED) is 0.599. The van der Waals surface area contributed by atoms with Crippen molar-refractivity contribution in [3.8, 4) is 17.0 Å². The van der Waals surface area contributed by atoms with Crippen molar-refractivity contribution >= 4 is 17.2 Å². The van der Waals surface area contributed by atoms with E-state index in [4.69, 9.17) is 9.72 Å². The van der Waals surface area contributed by atoms with E-state index in [1.54, 1.807) is 31.6 Å². The number of nitrogens with one attached hydrogen (secondary N) is 1. The van der Waals surface area contributed by atoms with Gasteiger partial charge in [0, 0.05) is 35.4 Å². The van der Waals surface area contributed by atoms with Crippen molar-refractivity contribution in [2.75, 3.05) is 12.4 Å². The van der Waals surface area contributed by atoms with Gasteiger partial charge in [0.2, 0.25) is 0 Å². The number of aromatic nitrogens is 3. The van der Waals surface area contributed by atoms with Crippen molar-refractivity contribution in [3.63, 3.8) is 0 Å². The number of aryl methyl sites for hydroxylation is 1. The van der Waals surface area contributed by atoms with Crippen LogP contribution in [0.25, 0.3) is 16.9 Å². The number of methoxy groups -OCH3 is 1. The molecule has 0 radical (unpaired) electrons. The zero-order chi connectivity index (χ0) is 18.8. The van der Waals surface area contributed by atoms with Crippen LogP contribution in [-0.2, 0) is 0 Å². The first-order chi connectivity index (χ1) is 13.2. The fourth-order valence-corrected chi connectivity index (χ4v) is 2.97. The molecular formula is C21H18N4O2. The largest absolute Gasteiger partial charge is 0.497 e. The Morgan fingerprint density at radius 1 is 1.04 bits per heavy atom. The van der Waals surface area contributed by atoms with Crippen molar-refractivity contribution in [1.29, 1.82) is 0 Å². The Balaban J connectivity index is 1.66. The molecule has 3 aromatic heterocycles. The molecule has 0 saturated heterocycles. The summed E-state index contributed by atoms with van der Waals surface area (Å²) in [4.78, 5) is 21.0. The lowest BCUT2D eigenvalue weighted by molar-refractivity contribution is 0.102. The summed E-state index contributed by atoms with van der Waals surface area (Å²) in [5, 5.41) is 2.91. The number of benzene rings is 1. The van der Waals surface area contributed by atoms with Gasteiger partial charge >= 0.3 is 0 Å². The number of carbonyl (C=O) groups is 1. The Bertz CT molecular complexity index is 1100. The SMILES string of the molecule is COc1ccc(-c2nc3ccc(NC(=O)c4ccncc4)cn3c2C)cc1. The highest BCUT2D eigenvalue weighted by Crippen LogP contribution is 2.26. The van der Waals surface area contributed by atoms with E-state index in [0.717, 1.165) is 28.3 Å². The third-order valence-corrected chi connectivity index (χ3v) is 4.42. The van der Waals surface area contributed by atoms with Gasteiger partial charge < -0.3 is 14.5 Å². The number of carbonyl (C=O) groups excluding carboxylic acids is 1. The molecule has 134 valence electrons. The van der Waals surface area contributed by atoms with Crippen LogP contribution in [-0.4, -0.2) is 27.4 Å². The number of fused-ring (bicyclic) bond motifs is 1. The Kier molecular flexibility index (Phi) is 4.30. The summed E-state index contributed by atoms with van der Waals surface area (Å²) in [6.07, 6.45) is 5.07. The van der Waals surface area contributed by atoms with Crippen LogP contribution in [0.1, 0.15) is 16.1 Å². The van der Waals surface area contributed by atoms with Gasteiger partial charge in [-0.25, -0.2) is 4.98 Å². The molecule has 0 fully saturated rings. The number of hydrogen-bond acceptors (Lipinski definition) is 4. The summed E-state index contributed by atoms with van der Waals surface area (Å²) in [5.74, 6) is 0.631. The molecule has 1 amide bonds. The number of nitrogens with zero attached hydrogens (tertiary/aromatic N) is 3. The third-order valence-electron chi connectivity index (χ3n) is 4.42. The highest BCUT2D eigenvalue weighted by Gasteiger charge is 2.12. The van der Waals surface area contributed by atoms with Gasteiger partial charge in [-0.1, -0.05) is 0 Å². The normalized spacial score (nSPS) is 10.7. The lowest BCUT2D eigenvalue weighted by atomic mass is 10.1. The minimum atomic E-state index is -0.176. The Morgan fingerprint density at radius 3 is 2.48 bits per heavy atom. The van der Waals surface area contributed by atoms with Gasteiger partial charge in [-0.15, -0.1) is 0 Å². The van der Waals surface area contributed by atoms with Crippen LogP contribution in [0.5, 0.6) is 5.75 Å². The van der Waals surface area contributed by atoms with E-state index in [-0.39, 0.29) is 5.91 Å². The van der Waals surface area contributed by atoms with Gasteiger partial charge in [-0.3, -0.25) is 9.78 Å². The fraction of sp³-hybridized carbons (Fsp3) is 0.0952. The smallest absolute Gasteiger partial charge is 0.255 e. The molecule has 6 heteroatoms. The molecule has 27 heavy (non-hydrogen) atoms. The van der Waals surface area contributed by atoms with E-state index in [1.165, 1.54) is 0 Å². The second kappa shape index (κ2) is 6.92. The van der Waals surface area contributed by atoms with Crippen molar-refractivity contribution in [3.05, 3.63) is 78.4 Å². The third kappa shape index (κ3) is 3.25. The highest BCUT2D eigenvalue weighted by atomic mass is 16.5. The predicted molar refractivity (Wildman–Crippen MR) is 104 cm³/mol. The summed E-state index contributed by atoms with van der Waals surface area (Å²) in [7, 11) is 1.65. The molecule has 0 aliphatic rings. The number of hydrogen-bond donors (Lipinski definition) is 1. The van der Waals surface area contributed by atoms with E-state index in [1.807, 2.05) is 53.9 Å². The zero-order valence-electron chi connectivity index (χ0n) is 15.0. The molecule has 4 rings (SSSR count). The molecule has 4 aromatic rings. The number of ether oxygens (including phenoxy) is 1. The molecular weight excluding hydrogens is 340 g/mol. The average molecular weight is 358 g/mol. The van der Waals surface area contributed by atoms with Crippen molar-refractivity contribution in [1.82, 2.24) is 14.4 Å². The minimum absolute atomic E-state index is 0.176. The van der Waals surface area contributed by atoms with E-state index in [2.05, 4.69) is 10.3 Å². The van der Waals surface area contributed by atoms with Crippen LogP contribution in [0.15, 0.2) is 67.1 Å². The molecule has 0 unspecified atom stereocenters. The maximum absolute atomic E-state index is 12.3.